The highest BCUT2D eigenvalue weighted by Crippen LogP contribution is 2.23. The van der Waals surface area contributed by atoms with Gasteiger partial charge < -0.3 is 15.0 Å². The average Bonchev–Trinajstić information content (AvgIpc) is 3.31. The van der Waals surface area contributed by atoms with Crippen molar-refractivity contribution in [1.82, 2.24) is 14.7 Å². The van der Waals surface area contributed by atoms with Gasteiger partial charge in [0.25, 0.3) is 0 Å². The molecule has 0 radical (unpaired) electrons. The minimum Gasteiger partial charge on any atom is -0.497 e. The molecule has 1 saturated carbocycles. The fourth-order valence-electron chi connectivity index (χ4n) is 2.72. The SMILES string of the molecule is COc1cccc(Cc2nsc(N(CCC(=O)NC3CC3)C(C)C)n2)c1. The maximum absolute atomic E-state index is 12.0. The number of hydrogen-bond acceptors (Lipinski definition) is 6. The van der Waals surface area contributed by atoms with Crippen molar-refractivity contribution in [3.8, 4) is 5.75 Å². The number of ether oxygens (including phenoxy) is 1. The Morgan fingerprint density at radius 2 is 2.23 bits per heavy atom. The van der Waals surface area contributed by atoms with E-state index in [-0.39, 0.29) is 11.9 Å². The predicted octanol–water partition coefficient (Wildman–Crippen LogP) is 3.02. The molecule has 1 aliphatic carbocycles. The average molecular weight is 375 g/mol. The van der Waals surface area contributed by atoms with Crippen molar-refractivity contribution in [2.75, 3.05) is 18.6 Å². The van der Waals surface area contributed by atoms with Gasteiger partial charge >= 0.3 is 0 Å². The van der Waals surface area contributed by atoms with Crippen LogP contribution < -0.4 is 15.0 Å². The van der Waals surface area contributed by atoms with Crippen molar-refractivity contribution in [1.29, 1.82) is 0 Å². The number of hydrogen-bond donors (Lipinski definition) is 1. The van der Waals surface area contributed by atoms with E-state index >= 15 is 0 Å². The van der Waals surface area contributed by atoms with Crippen LogP contribution in [0.1, 0.15) is 44.5 Å². The van der Waals surface area contributed by atoms with Crippen molar-refractivity contribution < 1.29 is 9.53 Å². The van der Waals surface area contributed by atoms with Gasteiger partial charge in [0.15, 0.2) is 0 Å². The Morgan fingerprint density at radius 3 is 2.92 bits per heavy atom. The molecule has 1 heterocycles. The number of carbonyl (C=O) groups excluding carboxylic acids is 1. The second-order valence-corrected chi connectivity index (χ2v) is 7.63. The molecule has 0 saturated heterocycles. The number of nitrogens with one attached hydrogen (secondary N) is 1. The van der Waals surface area contributed by atoms with Gasteiger partial charge in [-0.25, -0.2) is 4.98 Å². The van der Waals surface area contributed by atoms with Crippen molar-refractivity contribution in [2.24, 2.45) is 0 Å². The maximum Gasteiger partial charge on any atom is 0.221 e. The summed E-state index contributed by atoms with van der Waals surface area (Å²) in [5.74, 6) is 1.76. The minimum atomic E-state index is 0.124. The summed E-state index contributed by atoms with van der Waals surface area (Å²) in [6, 6.07) is 8.62. The van der Waals surface area contributed by atoms with Crippen LogP contribution in [0.15, 0.2) is 24.3 Å². The molecule has 1 N–H and O–H groups in total. The Bertz CT molecular complexity index is 743. The van der Waals surface area contributed by atoms with Crippen LogP contribution in [0, 0.1) is 0 Å². The fourth-order valence-corrected chi connectivity index (χ4v) is 3.57. The molecular formula is C19H26N4O2S. The first-order valence-electron chi connectivity index (χ1n) is 9.06. The van der Waals surface area contributed by atoms with E-state index in [1.54, 1.807) is 7.11 Å². The summed E-state index contributed by atoms with van der Waals surface area (Å²) >= 11 is 1.39. The summed E-state index contributed by atoms with van der Waals surface area (Å²) in [5, 5.41) is 3.91. The molecule has 6 nitrogen and oxygen atoms in total. The van der Waals surface area contributed by atoms with Crippen LogP contribution >= 0.6 is 11.5 Å². The lowest BCUT2D eigenvalue weighted by Crippen LogP contribution is -2.35. The normalized spacial score (nSPS) is 13.7. The molecule has 0 bridgehead atoms. The Morgan fingerprint density at radius 1 is 1.42 bits per heavy atom. The summed E-state index contributed by atoms with van der Waals surface area (Å²) in [7, 11) is 1.66. The number of carbonyl (C=O) groups is 1. The monoisotopic (exact) mass is 374 g/mol. The van der Waals surface area contributed by atoms with Crippen molar-refractivity contribution in [3.63, 3.8) is 0 Å². The van der Waals surface area contributed by atoms with E-state index in [1.807, 2.05) is 24.3 Å². The molecule has 3 rings (SSSR count). The summed E-state index contributed by atoms with van der Waals surface area (Å²) in [4.78, 5) is 18.8. The van der Waals surface area contributed by atoms with E-state index < -0.39 is 0 Å². The first kappa shape index (κ1) is 18.6. The summed E-state index contributed by atoms with van der Waals surface area (Å²) in [6.07, 6.45) is 3.38. The molecule has 7 heteroatoms. The lowest BCUT2D eigenvalue weighted by Gasteiger charge is -2.25. The zero-order chi connectivity index (χ0) is 18.5. The van der Waals surface area contributed by atoms with Crippen molar-refractivity contribution >= 4 is 22.6 Å². The third-order valence-corrected chi connectivity index (χ3v) is 5.14. The van der Waals surface area contributed by atoms with Crippen LogP contribution in [0.2, 0.25) is 0 Å². The first-order valence-corrected chi connectivity index (χ1v) is 9.84. The predicted molar refractivity (Wildman–Crippen MR) is 104 cm³/mol. The number of amides is 1. The smallest absolute Gasteiger partial charge is 0.221 e. The lowest BCUT2D eigenvalue weighted by molar-refractivity contribution is -0.121. The second-order valence-electron chi connectivity index (χ2n) is 6.90. The first-order chi connectivity index (χ1) is 12.5. The summed E-state index contributed by atoms with van der Waals surface area (Å²) in [5.41, 5.74) is 1.12. The maximum atomic E-state index is 12.0. The molecule has 0 aliphatic heterocycles. The minimum absolute atomic E-state index is 0.124. The molecule has 0 unspecified atom stereocenters. The highest BCUT2D eigenvalue weighted by Gasteiger charge is 2.24. The largest absolute Gasteiger partial charge is 0.497 e. The van der Waals surface area contributed by atoms with Crippen molar-refractivity contribution in [2.45, 2.75) is 51.6 Å². The Labute approximate surface area is 158 Å². The number of rotatable bonds is 9. The highest BCUT2D eigenvalue weighted by atomic mass is 32.1. The van der Waals surface area contributed by atoms with Gasteiger partial charge in [0, 0.05) is 43.0 Å². The molecule has 1 fully saturated rings. The number of benzene rings is 1. The molecule has 0 atom stereocenters. The van der Waals surface area contributed by atoms with Gasteiger partial charge in [0.1, 0.15) is 11.6 Å². The van der Waals surface area contributed by atoms with Crippen LogP contribution in [0.25, 0.3) is 0 Å². The zero-order valence-corrected chi connectivity index (χ0v) is 16.4. The number of anilines is 1. The van der Waals surface area contributed by atoms with Crippen LogP contribution in [0.5, 0.6) is 5.75 Å². The van der Waals surface area contributed by atoms with E-state index in [2.05, 4.69) is 28.4 Å². The van der Waals surface area contributed by atoms with Gasteiger partial charge in [-0.05, 0) is 44.4 Å². The topological polar surface area (TPSA) is 67.3 Å². The molecule has 0 spiro atoms. The molecule has 1 aliphatic rings. The molecule has 1 amide bonds. The van der Waals surface area contributed by atoms with E-state index in [1.165, 1.54) is 11.5 Å². The molecular weight excluding hydrogens is 348 g/mol. The van der Waals surface area contributed by atoms with Gasteiger partial charge in [-0.1, -0.05) is 12.1 Å². The fraction of sp³-hybridized carbons (Fsp3) is 0.526. The van der Waals surface area contributed by atoms with E-state index in [0.717, 1.165) is 35.1 Å². The molecule has 2 aromatic rings. The van der Waals surface area contributed by atoms with Crippen LogP contribution in [-0.2, 0) is 11.2 Å². The lowest BCUT2D eigenvalue weighted by atomic mass is 10.1. The van der Waals surface area contributed by atoms with Crippen LogP contribution in [-0.4, -0.2) is 41.0 Å². The van der Waals surface area contributed by atoms with Crippen LogP contribution in [0.4, 0.5) is 5.13 Å². The van der Waals surface area contributed by atoms with E-state index in [9.17, 15) is 4.79 Å². The third kappa shape index (κ3) is 5.17. The van der Waals surface area contributed by atoms with E-state index in [0.29, 0.717) is 25.4 Å². The van der Waals surface area contributed by atoms with Crippen molar-refractivity contribution in [3.05, 3.63) is 35.7 Å². The number of nitrogens with zero attached hydrogens (tertiary/aromatic N) is 3. The van der Waals surface area contributed by atoms with Gasteiger partial charge in [-0.2, -0.15) is 4.37 Å². The Hall–Kier alpha value is -2.15. The zero-order valence-electron chi connectivity index (χ0n) is 15.6. The number of aromatic nitrogens is 2. The quantitative estimate of drug-likeness (QED) is 0.731. The molecule has 26 heavy (non-hydrogen) atoms. The van der Waals surface area contributed by atoms with E-state index in [4.69, 9.17) is 9.72 Å². The third-order valence-electron chi connectivity index (χ3n) is 4.35. The van der Waals surface area contributed by atoms with Gasteiger partial charge in [0.05, 0.1) is 7.11 Å². The Kier molecular flexibility index (Phi) is 6.08. The standard InChI is InChI=1S/C19H26N4O2S/c1-13(2)23(10-9-18(24)20-15-7-8-15)19-21-17(22-26-19)12-14-5-4-6-16(11-14)25-3/h4-6,11,13,15H,7-10,12H2,1-3H3,(H,20,24). The van der Waals surface area contributed by atoms with Gasteiger partial charge in [0.2, 0.25) is 11.0 Å². The summed E-state index contributed by atoms with van der Waals surface area (Å²) in [6.45, 7) is 4.88. The van der Waals surface area contributed by atoms with Gasteiger partial charge in [-0.15, -0.1) is 0 Å². The van der Waals surface area contributed by atoms with Gasteiger partial charge in [-0.3, -0.25) is 4.79 Å². The number of methoxy groups -OCH3 is 1. The highest BCUT2D eigenvalue weighted by molar-refractivity contribution is 7.09. The van der Waals surface area contributed by atoms with Crippen LogP contribution in [0.3, 0.4) is 0 Å². The summed E-state index contributed by atoms with van der Waals surface area (Å²) < 4.78 is 9.77. The molecule has 1 aromatic heterocycles. The second kappa shape index (κ2) is 8.49. The molecule has 1 aromatic carbocycles. The molecule has 140 valence electrons. The Balaban J connectivity index is 1.61.